The molecule has 3 aromatic rings. The molecule has 0 aliphatic carbocycles. The Morgan fingerprint density at radius 1 is 0.857 bits per heavy atom. The van der Waals surface area contributed by atoms with Crippen LogP contribution in [0.1, 0.15) is 48.6 Å². The third kappa shape index (κ3) is 5.46. The number of hydrogen-bond donors (Lipinski definition) is 1. The minimum Gasteiger partial charge on any atom is -0.381 e. The zero-order valence-electron chi connectivity index (χ0n) is 17.4. The van der Waals surface area contributed by atoms with Crippen molar-refractivity contribution in [1.82, 2.24) is 4.90 Å². The summed E-state index contributed by atoms with van der Waals surface area (Å²) < 4.78 is 0. The first-order valence-corrected chi connectivity index (χ1v) is 10.3. The number of nitrogens with zero attached hydrogens (tertiary/aromatic N) is 1. The monoisotopic (exact) mass is 372 g/mol. The van der Waals surface area contributed by atoms with E-state index in [1.807, 2.05) is 0 Å². The molecule has 0 amide bonds. The highest BCUT2D eigenvalue weighted by atomic mass is 15.1. The van der Waals surface area contributed by atoms with E-state index in [0.29, 0.717) is 6.04 Å². The summed E-state index contributed by atoms with van der Waals surface area (Å²) >= 11 is 0. The molecule has 2 nitrogen and oxygen atoms in total. The molecule has 1 atom stereocenters. The van der Waals surface area contributed by atoms with Crippen LogP contribution in [0, 0.1) is 6.92 Å². The SMILES string of the molecule is CCCN(Cc1ccccc1)[C@@H](C)c1ccc(C)c(NCc2ccccc2)c1. The summed E-state index contributed by atoms with van der Waals surface area (Å²) in [5, 5.41) is 3.63. The van der Waals surface area contributed by atoms with Crippen molar-refractivity contribution < 1.29 is 0 Å². The van der Waals surface area contributed by atoms with E-state index >= 15 is 0 Å². The van der Waals surface area contributed by atoms with E-state index in [9.17, 15) is 0 Å². The second-order valence-corrected chi connectivity index (χ2v) is 7.55. The van der Waals surface area contributed by atoms with Gasteiger partial charge in [0.1, 0.15) is 0 Å². The molecule has 3 rings (SSSR count). The van der Waals surface area contributed by atoms with Gasteiger partial charge in [-0.3, -0.25) is 4.90 Å². The summed E-state index contributed by atoms with van der Waals surface area (Å²) in [6.07, 6.45) is 1.15. The summed E-state index contributed by atoms with van der Waals surface area (Å²) in [7, 11) is 0. The van der Waals surface area contributed by atoms with E-state index in [-0.39, 0.29) is 0 Å². The van der Waals surface area contributed by atoms with Gasteiger partial charge in [0.15, 0.2) is 0 Å². The summed E-state index contributed by atoms with van der Waals surface area (Å²) in [5.41, 5.74) is 6.56. The highest BCUT2D eigenvalue weighted by Crippen LogP contribution is 2.27. The number of benzene rings is 3. The zero-order valence-corrected chi connectivity index (χ0v) is 17.4. The van der Waals surface area contributed by atoms with Crippen molar-refractivity contribution in [1.29, 1.82) is 0 Å². The molecule has 1 N–H and O–H groups in total. The molecular weight excluding hydrogens is 340 g/mol. The van der Waals surface area contributed by atoms with Gasteiger partial charge in [-0.15, -0.1) is 0 Å². The lowest BCUT2D eigenvalue weighted by atomic mass is 10.0. The molecule has 0 unspecified atom stereocenters. The van der Waals surface area contributed by atoms with Crippen molar-refractivity contribution in [2.45, 2.75) is 46.3 Å². The summed E-state index contributed by atoms with van der Waals surface area (Å²) in [6.45, 7) is 9.68. The molecule has 0 fully saturated rings. The van der Waals surface area contributed by atoms with Gasteiger partial charge in [0.05, 0.1) is 0 Å². The third-order valence-electron chi connectivity index (χ3n) is 5.36. The van der Waals surface area contributed by atoms with Crippen molar-refractivity contribution in [2.75, 3.05) is 11.9 Å². The molecule has 3 aromatic carbocycles. The Morgan fingerprint density at radius 3 is 2.14 bits per heavy atom. The van der Waals surface area contributed by atoms with Crippen molar-refractivity contribution in [3.05, 3.63) is 101 Å². The summed E-state index contributed by atoms with van der Waals surface area (Å²) in [5.74, 6) is 0. The number of anilines is 1. The molecular formula is C26H32N2. The van der Waals surface area contributed by atoms with Gasteiger partial charge in [-0.1, -0.05) is 79.7 Å². The Morgan fingerprint density at radius 2 is 1.50 bits per heavy atom. The Balaban J connectivity index is 1.74. The second kappa shape index (κ2) is 10.1. The van der Waals surface area contributed by atoms with Gasteiger partial charge in [0, 0.05) is 24.8 Å². The van der Waals surface area contributed by atoms with Crippen LogP contribution >= 0.6 is 0 Å². The third-order valence-corrected chi connectivity index (χ3v) is 5.36. The molecule has 0 aliphatic heterocycles. The Hall–Kier alpha value is -2.58. The Labute approximate surface area is 170 Å². The number of hydrogen-bond acceptors (Lipinski definition) is 2. The smallest absolute Gasteiger partial charge is 0.0400 e. The van der Waals surface area contributed by atoms with Crippen molar-refractivity contribution in [3.63, 3.8) is 0 Å². The van der Waals surface area contributed by atoms with Gasteiger partial charge in [-0.05, 0) is 55.1 Å². The predicted molar refractivity (Wildman–Crippen MR) is 121 cm³/mol. The lowest BCUT2D eigenvalue weighted by molar-refractivity contribution is 0.202. The highest BCUT2D eigenvalue weighted by Gasteiger charge is 2.16. The molecule has 0 saturated heterocycles. The van der Waals surface area contributed by atoms with E-state index in [1.165, 1.54) is 27.9 Å². The molecule has 0 spiro atoms. The fourth-order valence-corrected chi connectivity index (χ4v) is 3.61. The minimum atomic E-state index is 0.373. The average molecular weight is 373 g/mol. The summed E-state index contributed by atoms with van der Waals surface area (Å²) in [4.78, 5) is 2.57. The predicted octanol–water partition coefficient (Wildman–Crippen LogP) is 6.58. The largest absolute Gasteiger partial charge is 0.381 e. The molecule has 146 valence electrons. The fraction of sp³-hybridized carbons (Fsp3) is 0.308. The molecule has 2 heteroatoms. The molecule has 28 heavy (non-hydrogen) atoms. The number of aryl methyl sites for hydroxylation is 1. The topological polar surface area (TPSA) is 15.3 Å². The first kappa shape index (κ1) is 20.2. The summed E-state index contributed by atoms with van der Waals surface area (Å²) in [6, 6.07) is 28.6. The van der Waals surface area contributed by atoms with Gasteiger partial charge in [0.2, 0.25) is 0 Å². The Kier molecular flexibility index (Phi) is 7.27. The molecule has 0 aliphatic rings. The highest BCUT2D eigenvalue weighted by molar-refractivity contribution is 5.53. The van der Waals surface area contributed by atoms with Crippen LogP contribution in [0.15, 0.2) is 78.9 Å². The maximum absolute atomic E-state index is 3.63. The molecule has 0 radical (unpaired) electrons. The van der Waals surface area contributed by atoms with Crippen LogP contribution in [0.5, 0.6) is 0 Å². The number of rotatable bonds is 9. The Bertz CT molecular complexity index is 843. The van der Waals surface area contributed by atoms with E-state index < -0.39 is 0 Å². The van der Waals surface area contributed by atoms with Gasteiger partial charge in [-0.2, -0.15) is 0 Å². The lowest BCUT2D eigenvalue weighted by Gasteiger charge is -2.30. The first-order valence-electron chi connectivity index (χ1n) is 10.3. The molecule has 0 heterocycles. The quantitative estimate of drug-likeness (QED) is 0.456. The van der Waals surface area contributed by atoms with E-state index in [2.05, 4.69) is 110 Å². The van der Waals surface area contributed by atoms with E-state index in [1.54, 1.807) is 0 Å². The maximum Gasteiger partial charge on any atom is 0.0400 e. The van der Waals surface area contributed by atoms with Gasteiger partial charge in [-0.25, -0.2) is 0 Å². The standard InChI is InChI=1S/C26H32N2/c1-4-17-28(20-24-13-9-6-10-14-24)22(3)25-16-15-21(2)26(18-25)27-19-23-11-7-5-8-12-23/h5-16,18,22,27H,4,17,19-20H2,1-3H3/t22-/m0/s1. The van der Waals surface area contributed by atoms with Gasteiger partial charge >= 0.3 is 0 Å². The van der Waals surface area contributed by atoms with Crippen LogP contribution < -0.4 is 5.32 Å². The second-order valence-electron chi connectivity index (χ2n) is 7.55. The molecule has 0 aromatic heterocycles. The lowest BCUT2D eigenvalue weighted by Crippen LogP contribution is -2.27. The van der Waals surface area contributed by atoms with Gasteiger partial charge < -0.3 is 5.32 Å². The zero-order chi connectivity index (χ0) is 19.8. The van der Waals surface area contributed by atoms with Crippen LogP contribution in [-0.2, 0) is 13.1 Å². The van der Waals surface area contributed by atoms with Crippen molar-refractivity contribution >= 4 is 5.69 Å². The first-order chi connectivity index (χ1) is 13.7. The van der Waals surface area contributed by atoms with Crippen LogP contribution in [0.3, 0.4) is 0 Å². The normalized spacial score (nSPS) is 12.1. The minimum absolute atomic E-state index is 0.373. The molecule has 0 bridgehead atoms. The molecule has 0 saturated carbocycles. The van der Waals surface area contributed by atoms with Crippen LogP contribution in [0.4, 0.5) is 5.69 Å². The van der Waals surface area contributed by atoms with Gasteiger partial charge in [0.25, 0.3) is 0 Å². The van der Waals surface area contributed by atoms with E-state index in [0.717, 1.165) is 26.1 Å². The van der Waals surface area contributed by atoms with Crippen molar-refractivity contribution in [2.24, 2.45) is 0 Å². The number of nitrogens with one attached hydrogen (secondary N) is 1. The van der Waals surface area contributed by atoms with Crippen molar-refractivity contribution in [3.8, 4) is 0 Å². The van der Waals surface area contributed by atoms with Crippen LogP contribution in [-0.4, -0.2) is 11.4 Å². The van der Waals surface area contributed by atoms with Crippen LogP contribution in [0.25, 0.3) is 0 Å². The average Bonchev–Trinajstić information content (AvgIpc) is 2.74. The van der Waals surface area contributed by atoms with E-state index in [4.69, 9.17) is 0 Å². The van der Waals surface area contributed by atoms with Crippen LogP contribution in [0.2, 0.25) is 0 Å². The maximum atomic E-state index is 3.63. The fourth-order valence-electron chi connectivity index (χ4n) is 3.61.